The summed E-state index contributed by atoms with van der Waals surface area (Å²) >= 11 is 0. The van der Waals surface area contributed by atoms with Crippen LogP contribution in [0.3, 0.4) is 0 Å². The highest BCUT2D eigenvalue weighted by atomic mass is 16.2. The second-order valence-corrected chi connectivity index (χ2v) is 6.88. The standard InChI is InChI=1S/C19H25N5O/c1-14-18(10-21-15(2)22-14)19(25)24-8-6-17(13-24)12-23(3)11-16-5-4-7-20-9-16/h4-5,7,9-10,17H,6,8,11-13H2,1-3H3/t17-/m1/s1. The molecule has 1 fully saturated rings. The van der Waals surface area contributed by atoms with E-state index in [2.05, 4.69) is 33.0 Å². The van der Waals surface area contributed by atoms with Gasteiger partial charge in [-0.3, -0.25) is 9.78 Å². The Morgan fingerprint density at radius 1 is 1.36 bits per heavy atom. The third-order valence-corrected chi connectivity index (χ3v) is 4.65. The molecular formula is C19H25N5O. The summed E-state index contributed by atoms with van der Waals surface area (Å²) in [4.78, 5) is 29.6. The molecule has 0 radical (unpaired) electrons. The monoisotopic (exact) mass is 339 g/mol. The zero-order valence-electron chi connectivity index (χ0n) is 15.1. The summed E-state index contributed by atoms with van der Waals surface area (Å²) in [6.07, 6.45) is 6.39. The molecule has 1 saturated heterocycles. The van der Waals surface area contributed by atoms with Gasteiger partial charge in [-0.1, -0.05) is 6.07 Å². The van der Waals surface area contributed by atoms with Crippen molar-refractivity contribution in [3.05, 3.63) is 53.4 Å². The number of hydrogen-bond acceptors (Lipinski definition) is 5. The van der Waals surface area contributed by atoms with E-state index >= 15 is 0 Å². The average Bonchev–Trinajstić information content (AvgIpc) is 3.03. The van der Waals surface area contributed by atoms with E-state index in [-0.39, 0.29) is 5.91 Å². The predicted molar refractivity (Wildman–Crippen MR) is 96.1 cm³/mol. The zero-order chi connectivity index (χ0) is 17.8. The van der Waals surface area contributed by atoms with Gasteiger partial charge in [0.1, 0.15) is 5.82 Å². The Morgan fingerprint density at radius 2 is 2.20 bits per heavy atom. The molecule has 3 heterocycles. The number of amides is 1. The van der Waals surface area contributed by atoms with Crippen LogP contribution < -0.4 is 0 Å². The molecule has 3 rings (SSSR count). The van der Waals surface area contributed by atoms with Crippen molar-refractivity contribution in [3.63, 3.8) is 0 Å². The van der Waals surface area contributed by atoms with Gasteiger partial charge in [0.25, 0.3) is 5.91 Å². The van der Waals surface area contributed by atoms with E-state index in [1.807, 2.05) is 31.0 Å². The molecule has 0 aromatic carbocycles. The molecule has 132 valence electrons. The molecule has 25 heavy (non-hydrogen) atoms. The number of pyridine rings is 1. The number of carbonyl (C=O) groups is 1. The number of rotatable bonds is 5. The normalized spacial score (nSPS) is 17.3. The third kappa shape index (κ3) is 4.39. The first-order valence-corrected chi connectivity index (χ1v) is 8.70. The summed E-state index contributed by atoms with van der Waals surface area (Å²) in [5.41, 5.74) is 2.59. The number of carbonyl (C=O) groups excluding carboxylic acids is 1. The molecule has 0 saturated carbocycles. The van der Waals surface area contributed by atoms with Crippen molar-refractivity contribution in [1.29, 1.82) is 0 Å². The van der Waals surface area contributed by atoms with Gasteiger partial charge in [0.2, 0.25) is 0 Å². The van der Waals surface area contributed by atoms with Crippen molar-refractivity contribution in [3.8, 4) is 0 Å². The molecule has 6 nitrogen and oxygen atoms in total. The fourth-order valence-electron chi connectivity index (χ4n) is 3.44. The number of hydrogen-bond donors (Lipinski definition) is 0. The van der Waals surface area contributed by atoms with Crippen LogP contribution in [0, 0.1) is 19.8 Å². The maximum atomic E-state index is 12.7. The first-order valence-electron chi connectivity index (χ1n) is 8.70. The summed E-state index contributed by atoms with van der Waals surface area (Å²) in [6, 6.07) is 4.05. The molecule has 2 aromatic heterocycles. The Labute approximate surface area is 148 Å². The summed E-state index contributed by atoms with van der Waals surface area (Å²) in [5, 5.41) is 0. The van der Waals surface area contributed by atoms with Gasteiger partial charge in [-0.15, -0.1) is 0 Å². The molecule has 2 aromatic rings. The molecule has 0 N–H and O–H groups in total. The van der Waals surface area contributed by atoms with E-state index in [0.29, 0.717) is 17.3 Å². The van der Waals surface area contributed by atoms with Crippen LogP contribution in [0.4, 0.5) is 0 Å². The van der Waals surface area contributed by atoms with Crippen LogP contribution in [0.1, 0.15) is 33.9 Å². The maximum Gasteiger partial charge on any atom is 0.257 e. The molecule has 0 bridgehead atoms. The smallest absolute Gasteiger partial charge is 0.257 e. The fraction of sp³-hybridized carbons (Fsp3) is 0.474. The van der Waals surface area contributed by atoms with Crippen LogP contribution in [0.5, 0.6) is 0 Å². The van der Waals surface area contributed by atoms with E-state index in [0.717, 1.165) is 38.3 Å². The second-order valence-electron chi connectivity index (χ2n) is 6.88. The van der Waals surface area contributed by atoms with Gasteiger partial charge >= 0.3 is 0 Å². The Bertz CT molecular complexity index is 734. The Balaban J connectivity index is 1.55. The van der Waals surface area contributed by atoms with Gasteiger partial charge in [-0.25, -0.2) is 9.97 Å². The van der Waals surface area contributed by atoms with Crippen molar-refractivity contribution < 1.29 is 4.79 Å². The van der Waals surface area contributed by atoms with Gasteiger partial charge in [0.05, 0.1) is 11.3 Å². The number of nitrogens with zero attached hydrogens (tertiary/aromatic N) is 5. The van der Waals surface area contributed by atoms with Crippen LogP contribution in [-0.4, -0.2) is 57.3 Å². The van der Waals surface area contributed by atoms with Crippen LogP contribution >= 0.6 is 0 Å². The van der Waals surface area contributed by atoms with Gasteiger partial charge in [0.15, 0.2) is 0 Å². The molecule has 1 amide bonds. The summed E-state index contributed by atoms with van der Waals surface area (Å²) in [7, 11) is 2.12. The second kappa shape index (κ2) is 7.70. The maximum absolute atomic E-state index is 12.7. The molecule has 0 spiro atoms. The van der Waals surface area contributed by atoms with Gasteiger partial charge < -0.3 is 9.80 Å². The van der Waals surface area contributed by atoms with E-state index in [1.54, 1.807) is 12.4 Å². The number of aromatic nitrogens is 3. The lowest BCUT2D eigenvalue weighted by molar-refractivity contribution is 0.0782. The van der Waals surface area contributed by atoms with E-state index in [1.165, 1.54) is 5.56 Å². The largest absolute Gasteiger partial charge is 0.338 e. The highest BCUT2D eigenvalue weighted by Crippen LogP contribution is 2.20. The lowest BCUT2D eigenvalue weighted by atomic mass is 10.1. The molecular weight excluding hydrogens is 314 g/mol. The van der Waals surface area contributed by atoms with Crippen molar-refractivity contribution in [2.45, 2.75) is 26.8 Å². The van der Waals surface area contributed by atoms with Crippen LogP contribution in [0.2, 0.25) is 0 Å². The van der Waals surface area contributed by atoms with Crippen LogP contribution in [0.25, 0.3) is 0 Å². The van der Waals surface area contributed by atoms with Crippen molar-refractivity contribution in [1.82, 2.24) is 24.8 Å². The van der Waals surface area contributed by atoms with Gasteiger partial charge in [0, 0.05) is 44.8 Å². The average molecular weight is 339 g/mol. The molecule has 0 aliphatic carbocycles. The quantitative estimate of drug-likeness (QED) is 0.835. The number of likely N-dealkylation sites (tertiary alicyclic amines) is 1. The van der Waals surface area contributed by atoms with E-state index < -0.39 is 0 Å². The first kappa shape index (κ1) is 17.5. The third-order valence-electron chi connectivity index (χ3n) is 4.65. The molecule has 1 atom stereocenters. The van der Waals surface area contributed by atoms with Gasteiger partial charge in [-0.2, -0.15) is 0 Å². The highest BCUT2D eigenvalue weighted by Gasteiger charge is 2.28. The van der Waals surface area contributed by atoms with Crippen LogP contribution in [-0.2, 0) is 6.54 Å². The Hall–Kier alpha value is -2.34. The molecule has 1 aliphatic heterocycles. The molecule has 6 heteroatoms. The fourth-order valence-corrected chi connectivity index (χ4v) is 3.44. The number of aryl methyl sites for hydroxylation is 2. The minimum Gasteiger partial charge on any atom is -0.338 e. The lowest BCUT2D eigenvalue weighted by Gasteiger charge is -2.22. The summed E-state index contributed by atoms with van der Waals surface area (Å²) in [6.45, 7) is 7.16. The van der Waals surface area contributed by atoms with Crippen LogP contribution in [0.15, 0.2) is 30.7 Å². The highest BCUT2D eigenvalue weighted by molar-refractivity contribution is 5.95. The molecule has 0 unspecified atom stereocenters. The van der Waals surface area contributed by atoms with E-state index in [9.17, 15) is 4.79 Å². The Morgan fingerprint density at radius 3 is 2.92 bits per heavy atom. The SMILES string of the molecule is Cc1ncc(C(=O)N2CC[C@H](CN(C)Cc3cccnc3)C2)c(C)n1. The van der Waals surface area contributed by atoms with E-state index in [4.69, 9.17) is 0 Å². The van der Waals surface area contributed by atoms with Crippen molar-refractivity contribution in [2.24, 2.45) is 5.92 Å². The molecule has 1 aliphatic rings. The Kier molecular flexibility index (Phi) is 5.38. The predicted octanol–water partition coefficient (Wildman–Crippen LogP) is 2.08. The topological polar surface area (TPSA) is 62.2 Å². The van der Waals surface area contributed by atoms with Crippen molar-refractivity contribution >= 4 is 5.91 Å². The summed E-state index contributed by atoms with van der Waals surface area (Å²) in [5.74, 6) is 1.25. The van der Waals surface area contributed by atoms with Gasteiger partial charge in [-0.05, 0) is 44.9 Å². The summed E-state index contributed by atoms with van der Waals surface area (Å²) < 4.78 is 0. The lowest BCUT2D eigenvalue weighted by Crippen LogP contribution is -2.32. The minimum absolute atomic E-state index is 0.0508. The minimum atomic E-state index is 0.0508. The van der Waals surface area contributed by atoms with Crippen molar-refractivity contribution in [2.75, 3.05) is 26.7 Å². The zero-order valence-corrected chi connectivity index (χ0v) is 15.1. The first-order chi connectivity index (χ1) is 12.0.